The number of carbonyl (C=O) groups excluding carboxylic acids is 1. The van der Waals surface area contributed by atoms with Gasteiger partial charge in [-0.05, 0) is 43.4 Å². The number of hydrogen-bond donors (Lipinski definition) is 4. The molecule has 0 aliphatic heterocycles. The minimum absolute atomic E-state index is 0.0950. The monoisotopic (exact) mass is 326 g/mol. The van der Waals surface area contributed by atoms with Crippen LogP contribution >= 0.6 is 0 Å². The van der Waals surface area contributed by atoms with Gasteiger partial charge in [-0.1, -0.05) is 12.1 Å². The highest BCUT2D eigenvalue weighted by molar-refractivity contribution is 5.98. The molecule has 126 valence electrons. The van der Waals surface area contributed by atoms with Gasteiger partial charge in [-0.3, -0.25) is 4.79 Å². The second-order valence-electron chi connectivity index (χ2n) is 6.20. The number of rotatable bonds is 7. The molecule has 1 amide bonds. The quantitative estimate of drug-likeness (QED) is 0.616. The lowest BCUT2D eigenvalue weighted by Crippen LogP contribution is -2.31. The van der Waals surface area contributed by atoms with E-state index < -0.39 is 5.91 Å². The van der Waals surface area contributed by atoms with Gasteiger partial charge in [0.1, 0.15) is 11.4 Å². The van der Waals surface area contributed by atoms with Gasteiger partial charge >= 0.3 is 0 Å². The van der Waals surface area contributed by atoms with E-state index in [2.05, 4.69) is 20.6 Å². The molecule has 1 fully saturated rings. The number of benzene rings is 1. The summed E-state index contributed by atoms with van der Waals surface area (Å²) in [5.74, 6) is 0.815. The van der Waals surface area contributed by atoms with Gasteiger partial charge < -0.3 is 22.1 Å². The number of aryl methyl sites for hydroxylation is 1. The van der Waals surface area contributed by atoms with E-state index in [9.17, 15) is 4.79 Å². The Morgan fingerprint density at radius 3 is 2.88 bits per heavy atom. The molecule has 0 spiro atoms. The van der Waals surface area contributed by atoms with Gasteiger partial charge in [-0.15, -0.1) is 0 Å². The molecule has 3 rings (SSSR count). The smallest absolute Gasteiger partial charge is 0.254 e. The molecule has 2 aromatic rings. The van der Waals surface area contributed by atoms with E-state index in [0.717, 1.165) is 11.3 Å². The summed E-state index contributed by atoms with van der Waals surface area (Å²) < 4.78 is 0. The van der Waals surface area contributed by atoms with E-state index in [4.69, 9.17) is 11.5 Å². The van der Waals surface area contributed by atoms with Crippen molar-refractivity contribution in [2.45, 2.75) is 25.8 Å². The van der Waals surface area contributed by atoms with E-state index >= 15 is 0 Å². The van der Waals surface area contributed by atoms with Crippen molar-refractivity contribution >= 4 is 23.4 Å². The molecule has 7 heteroatoms. The van der Waals surface area contributed by atoms with E-state index in [1.807, 2.05) is 31.2 Å². The lowest BCUT2D eigenvalue weighted by atomic mass is 10.2. The van der Waals surface area contributed by atoms with Crippen molar-refractivity contribution in [3.63, 3.8) is 0 Å². The summed E-state index contributed by atoms with van der Waals surface area (Å²) in [4.78, 5) is 20.1. The van der Waals surface area contributed by atoms with Crippen LogP contribution in [0, 0.1) is 12.8 Å². The van der Waals surface area contributed by atoms with Gasteiger partial charge in [0.05, 0.1) is 0 Å². The molecule has 1 aromatic carbocycles. The molecule has 0 saturated heterocycles. The molecule has 1 atom stereocenters. The average Bonchev–Trinajstić information content (AvgIpc) is 3.37. The number of nitrogens with two attached hydrogens (primary N) is 2. The van der Waals surface area contributed by atoms with E-state index in [1.165, 1.54) is 19.0 Å². The molecule has 1 aromatic heterocycles. The Bertz CT molecular complexity index is 744. The van der Waals surface area contributed by atoms with Crippen molar-refractivity contribution in [1.82, 2.24) is 9.97 Å². The number of nitrogens with zero attached hydrogens (tertiary/aromatic N) is 2. The number of aromatic nitrogens is 2. The maximum atomic E-state index is 11.6. The van der Waals surface area contributed by atoms with Crippen LogP contribution in [0.3, 0.4) is 0 Å². The molecular formula is C17H22N6O. The number of primary amides is 1. The van der Waals surface area contributed by atoms with Crippen LogP contribution in [-0.2, 0) is 0 Å². The van der Waals surface area contributed by atoms with Crippen LogP contribution in [0.15, 0.2) is 30.5 Å². The highest BCUT2D eigenvalue weighted by Crippen LogP contribution is 2.31. The van der Waals surface area contributed by atoms with Crippen molar-refractivity contribution in [3.8, 4) is 0 Å². The van der Waals surface area contributed by atoms with Crippen molar-refractivity contribution < 1.29 is 4.79 Å². The summed E-state index contributed by atoms with van der Waals surface area (Å²) in [5, 5.41) is 6.26. The molecule has 6 N–H and O–H groups in total. The van der Waals surface area contributed by atoms with Gasteiger partial charge in [0.2, 0.25) is 5.95 Å². The molecule has 1 saturated carbocycles. The fraction of sp³-hybridized carbons (Fsp3) is 0.353. The Kier molecular flexibility index (Phi) is 4.61. The van der Waals surface area contributed by atoms with Gasteiger partial charge in [-0.25, -0.2) is 4.98 Å². The number of nitrogens with one attached hydrogen (secondary N) is 2. The molecular weight excluding hydrogens is 304 g/mol. The third-order valence-electron chi connectivity index (χ3n) is 4.06. The molecule has 24 heavy (non-hydrogen) atoms. The Morgan fingerprint density at radius 2 is 2.21 bits per heavy atom. The first-order valence-electron chi connectivity index (χ1n) is 8.03. The largest absolute Gasteiger partial charge is 0.365 e. The number of hydrogen-bond acceptors (Lipinski definition) is 6. The summed E-state index contributed by atoms with van der Waals surface area (Å²) in [5.41, 5.74) is 13.7. The normalized spacial score (nSPS) is 14.9. The van der Waals surface area contributed by atoms with E-state index in [0.29, 0.717) is 24.2 Å². The first-order chi connectivity index (χ1) is 11.5. The van der Waals surface area contributed by atoms with Crippen molar-refractivity contribution in [1.29, 1.82) is 0 Å². The number of anilines is 3. The van der Waals surface area contributed by atoms with Gasteiger partial charge in [0.15, 0.2) is 0 Å². The maximum absolute atomic E-state index is 11.6. The SMILES string of the molecule is Cc1cccc(Nc2nc(NC[C@@H](N)C3CC3)ncc2C(N)=O)c1. The van der Waals surface area contributed by atoms with Gasteiger partial charge in [0, 0.05) is 24.5 Å². The van der Waals surface area contributed by atoms with Crippen LogP contribution in [0.5, 0.6) is 0 Å². The number of amides is 1. The lowest BCUT2D eigenvalue weighted by Gasteiger charge is -2.14. The Labute approximate surface area is 140 Å². The summed E-state index contributed by atoms with van der Waals surface area (Å²) >= 11 is 0. The zero-order chi connectivity index (χ0) is 17.1. The predicted octanol–water partition coefficient (Wildman–Crippen LogP) is 1.78. The van der Waals surface area contributed by atoms with Crippen LogP contribution in [-0.4, -0.2) is 28.5 Å². The zero-order valence-electron chi connectivity index (χ0n) is 13.6. The van der Waals surface area contributed by atoms with Crippen LogP contribution in [0.2, 0.25) is 0 Å². The maximum Gasteiger partial charge on any atom is 0.254 e. The van der Waals surface area contributed by atoms with E-state index in [-0.39, 0.29) is 11.6 Å². The van der Waals surface area contributed by atoms with Crippen LogP contribution in [0.4, 0.5) is 17.5 Å². The van der Waals surface area contributed by atoms with E-state index in [1.54, 1.807) is 0 Å². The van der Waals surface area contributed by atoms with Crippen LogP contribution in [0.1, 0.15) is 28.8 Å². The highest BCUT2D eigenvalue weighted by atomic mass is 16.1. The average molecular weight is 326 g/mol. The summed E-state index contributed by atoms with van der Waals surface area (Å²) in [7, 11) is 0. The fourth-order valence-corrected chi connectivity index (χ4v) is 2.50. The molecule has 0 radical (unpaired) electrons. The molecule has 0 bridgehead atoms. The Hall–Kier alpha value is -2.67. The fourth-order valence-electron chi connectivity index (χ4n) is 2.50. The second-order valence-corrected chi connectivity index (χ2v) is 6.20. The Balaban J connectivity index is 1.78. The zero-order valence-corrected chi connectivity index (χ0v) is 13.6. The third kappa shape index (κ3) is 3.99. The predicted molar refractivity (Wildman–Crippen MR) is 94.2 cm³/mol. The van der Waals surface area contributed by atoms with Gasteiger partial charge in [0.25, 0.3) is 5.91 Å². The highest BCUT2D eigenvalue weighted by Gasteiger charge is 2.28. The summed E-state index contributed by atoms with van der Waals surface area (Å²) in [6.07, 6.45) is 3.80. The van der Waals surface area contributed by atoms with Crippen molar-refractivity contribution in [3.05, 3.63) is 41.6 Å². The number of carbonyl (C=O) groups is 1. The third-order valence-corrected chi connectivity index (χ3v) is 4.06. The summed E-state index contributed by atoms with van der Waals surface area (Å²) in [6.45, 7) is 2.59. The van der Waals surface area contributed by atoms with Gasteiger partial charge in [-0.2, -0.15) is 4.98 Å². The first-order valence-corrected chi connectivity index (χ1v) is 8.03. The molecule has 1 aliphatic carbocycles. The molecule has 0 unspecified atom stereocenters. The second kappa shape index (κ2) is 6.84. The molecule has 1 aliphatic rings. The topological polar surface area (TPSA) is 119 Å². The molecule has 7 nitrogen and oxygen atoms in total. The lowest BCUT2D eigenvalue weighted by molar-refractivity contribution is 0.100. The summed E-state index contributed by atoms with van der Waals surface area (Å²) in [6, 6.07) is 7.87. The minimum atomic E-state index is -0.577. The van der Waals surface area contributed by atoms with Crippen molar-refractivity contribution in [2.75, 3.05) is 17.2 Å². The van der Waals surface area contributed by atoms with Crippen LogP contribution in [0.25, 0.3) is 0 Å². The minimum Gasteiger partial charge on any atom is -0.365 e. The standard InChI is InChI=1S/C17H22N6O/c1-10-3-2-4-12(7-10)22-16-13(15(19)24)8-20-17(23-16)21-9-14(18)11-5-6-11/h2-4,7-8,11,14H,5-6,9,18H2,1H3,(H2,19,24)(H2,20,21,22,23)/t14-/m1/s1. The molecule has 1 heterocycles. The van der Waals surface area contributed by atoms with Crippen LogP contribution < -0.4 is 22.1 Å². The first kappa shape index (κ1) is 16.2. The Morgan fingerprint density at radius 1 is 1.42 bits per heavy atom. The van der Waals surface area contributed by atoms with Crippen molar-refractivity contribution in [2.24, 2.45) is 17.4 Å².